The van der Waals surface area contributed by atoms with Gasteiger partial charge in [-0.25, -0.2) is 4.39 Å². The number of nitro groups is 1. The van der Waals surface area contributed by atoms with Gasteiger partial charge in [-0.3, -0.25) is 14.9 Å². The normalized spacial score (nSPS) is 10.1. The average molecular weight is 257 g/mol. The van der Waals surface area contributed by atoms with Crippen LogP contribution in [0.1, 0.15) is 19.3 Å². The molecule has 1 N–H and O–H groups in total. The minimum Gasteiger partial charge on any atom is -0.491 e. The van der Waals surface area contributed by atoms with E-state index >= 15 is 0 Å². The first-order chi connectivity index (χ1) is 8.50. The topological polar surface area (TPSA) is 89.7 Å². The first kappa shape index (κ1) is 13.9. The van der Waals surface area contributed by atoms with Gasteiger partial charge in [-0.1, -0.05) is 0 Å². The molecule has 0 amide bonds. The average Bonchev–Trinajstić information content (AvgIpc) is 2.29. The summed E-state index contributed by atoms with van der Waals surface area (Å²) in [5.74, 6) is -1.77. The number of carboxylic acids is 1. The molecule has 1 aromatic rings. The number of non-ortho nitro benzene ring substituents is 1. The molecule has 1 rings (SSSR count). The summed E-state index contributed by atoms with van der Waals surface area (Å²) in [6.45, 7) is 0.169. The van der Waals surface area contributed by atoms with Gasteiger partial charge in [0.05, 0.1) is 17.6 Å². The molecular formula is C11H12FNO5. The van der Waals surface area contributed by atoms with Crippen LogP contribution in [-0.2, 0) is 4.79 Å². The molecule has 0 unspecified atom stereocenters. The minimum absolute atomic E-state index is 0.0338. The molecule has 7 heteroatoms. The van der Waals surface area contributed by atoms with Crippen LogP contribution in [-0.4, -0.2) is 22.6 Å². The molecule has 0 atom stereocenters. The van der Waals surface area contributed by atoms with Crippen LogP contribution in [0.15, 0.2) is 18.2 Å². The molecular weight excluding hydrogens is 245 g/mol. The Bertz CT molecular complexity index is 449. The molecule has 0 heterocycles. The lowest BCUT2D eigenvalue weighted by Gasteiger charge is -2.06. The van der Waals surface area contributed by atoms with E-state index in [1.54, 1.807) is 0 Å². The van der Waals surface area contributed by atoms with Gasteiger partial charge in [0.2, 0.25) is 0 Å². The number of aliphatic carboxylic acids is 1. The van der Waals surface area contributed by atoms with Crippen LogP contribution in [0, 0.1) is 15.9 Å². The third-order valence-electron chi connectivity index (χ3n) is 2.17. The van der Waals surface area contributed by atoms with Crippen molar-refractivity contribution in [3.05, 3.63) is 34.1 Å². The number of unbranched alkanes of at least 4 members (excludes halogenated alkanes) is 1. The summed E-state index contributed by atoms with van der Waals surface area (Å²) in [6.07, 6.45) is 0.943. The summed E-state index contributed by atoms with van der Waals surface area (Å²) >= 11 is 0. The Morgan fingerprint density at radius 1 is 1.44 bits per heavy atom. The van der Waals surface area contributed by atoms with Crippen molar-refractivity contribution in [3.8, 4) is 5.75 Å². The van der Waals surface area contributed by atoms with Crippen LogP contribution in [0.4, 0.5) is 10.1 Å². The molecule has 0 aromatic heterocycles. The summed E-state index contributed by atoms with van der Waals surface area (Å²) in [7, 11) is 0. The number of hydrogen-bond donors (Lipinski definition) is 1. The number of rotatable bonds is 7. The Hall–Kier alpha value is -2.18. The van der Waals surface area contributed by atoms with Crippen LogP contribution < -0.4 is 4.74 Å². The molecule has 0 fully saturated rings. The fraction of sp³-hybridized carbons (Fsp3) is 0.364. The van der Waals surface area contributed by atoms with Crippen molar-refractivity contribution >= 4 is 11.7 Å². The number of carbonyl (C=O) groups is 1. The van der Waals surface area contributed by atoms with Crippen molar-refractivity contribution < 1.29 is 24.0 Å². The lowest BCUT2D eigenvalue weighted by atomic mass is 10.2. The van der Waals surface area contributed by atoms with Crippen LogP contribution in [0.3, 0.4) is 0 Å². The molecule has 0 saturated carbocycles. The van der Waals surface area contributed by atoms with E-state index in [2.05, 4.69) is 0 Å². The van der Waals surface area contributed by atoms with Crippen molar-refractivity contribution in [2.45, 2.75) is 19.3 Å². The van der Waals surface area contributed by atoms with E-state index in [0.29, 0.717) is 12.8 Å². The number of ether oxygens (including phenoxy) is 1. The quantitative estimate of drug-likeness (QED) is 0.460. The van der Waals surface area contributed by atoms with E-state index in [1.165, 1.54) is 6.07 Å². The summed E-state index contributed by atoms with van der Waals surface area (Å²) < 4.78 is 18.4. The molecule has 0 spiro atoms. The lowest BCUT2D eigenvalue weighted by molar-refractivity contribution is -0.385. The Labute approximate surface area is 102 Å². The number of nitrogens with zero attached hydrogens (tertiary/aromatic N) is 1. The Balaban J connectivity index is 2.43. The zero-order valence-corrected chi connectivity index (χ0v) is 9.47. The number of halogens is 1. The molecule has 6 nitrogen and oxygen atoms in total. The SMILES string of the molecule is O=C(O)CCCCOc1ccc([N+](=O)[O-])cc1F. The summed E-state index contributed by atoms with van der Waals surface area (Å²) in [4.78, 5) is 19.9. The molecule has 0 aliphatic heterocycles. The third kappa shape index (κ3) is 4.36. The summed E-state index contributed by atoms with van der Waals surface area (Å²) in [5, 5.41) is 18.8. The predicted octanol–water partition coefficient (Wildman–Crippen LogP) is 2.37. The number of hydrogen-bond acceptors (Lipinski definition) is 4. The molecule has 0 aliphatic carbocycles. The monoisotopic (exact) mass is 257 g/mol. The lowest BCUT2D eigenvalue weighted by Crippen LogP contribution is -2.02. The van der Waals surface area contributed by atoms with E-state index in [4.69, 9.17) is 9.84 Å². The molecule has 0 bridgehead atoms. The van der Waals surface area contributed by atoms with Gasteiger partial charge in [0.15, 0.2) is 11.6 Å². The van der Waals surface area contributed by atoms with E-state index in [9.17, 15) is 19.3 Å². The van der Waals surface area contributed by atoms with Crippen molar-refractivity contribution in [2.75, 3.05) is 6.61 Å². The van der Waals surface area contributed by atoms with E-state index < -0.39 is 16.7 Å². The Morgan fingerprint density at radius 2 is 2.17 bits per heavy atom. The maximum Gasteiger partial charge on any atom is 0.303 e. The first-order valence-corrected chi connectivity index (χ1v) is 5.29. The third-order valence-corrected chi connectivity index (χ3v) is 2.17. The summed E-state index contributed by atoms with van der Waals surface area (Å²) in [5.41, 5.74) is -0.342. The standard InChI is InChI=1S/C11H12FNO5/c12-9-7-8(13(16)17)4-5-10(9)18-6-2-1-3-11(14)15/h4-5,7H,1-3,6H2,(H,14,15). The maximum atomic E-state index is 13.3. The zero-order chi connectivity index (χ0) is 13.5. The predicted molar refractivity (Wildman–Crippen MR) is 60.0 cm³/mol. The molecule has 1 aromatic carbocycles. The largest absolute Gasteiger partial charge is 0.491 e. The number of carboxylic acid groups (broad SMARTS) is 1. The van der Waals surface area contributed by atoms with E-state index in [0.717, 1.165) is 12.1 Å². The van der Waals surface area contributed by atoms with Crippen molar-refractivity contribution in [1.29, 1.82) is 0 Å². The maximum absolute atomic E-state index is 13.3. The minimum atomic E-state index is -0.892. The van der Waals surface area contributed by atoms with E-state index in [1.807, 2.05) is 0 Å². The second-order valence-corrected chi connectivity index (χ2v) is 3.57. The highest BCUT2D eigenvalue weighted by Gasteiger charge is 2.11. The molecule has 18 heavy (non-hydrogen) atoms. The van der Waals surface area contributed by atoms with Gasteiger partial charge >= 0.3 is 5.97 Å². The molecule has 0 aliphatic rings. The summed E-state index contributed by atoms with van der Waals surface area (Å²) in [6, 6.07) is 3.12. The zero-order valence-electron chi connectivity index (χ0n) is 9.47. The Morgan fingerprint density at radius 3 is 2.72 bits per heavy atom. The Kier molecular flexibility index (Phi) is 5.04. The van der Waals surface area contributed by atoms with E-state index in [-0.39, 0.29) is 24.5 Å². The number of nitro benzene ring substituents is 1. The smallest absolute Gasteiger partial charge is 0.303 e. The number of benzene rings is 1. The van der Waals surface area contributed by atoms with Crippen LogP contribution in [0.5, 0.6) is 5.75 Å². The van der Waals surface area contributed by atoms with Crippen LogP contribution in [0.25, 0.3) is 0 Å². The van der Waals surface area contributed by atoms with Crippen molar-refractivity contribution in [3.63, 3.8) is 0 Å². The highest BCUT2D eigenvalue weighted by molar-refractivity contribution is 5.66. The second kappa shape index (κ2) is 6.53. The van der Waals surface area contributed by atoms with Crippen molar-refractivity contribution in [2.24, 2.45) is 0 Å². The van der Waals surface area contributed by atoms with Gasteiger partial charge in [0.25, 0.3) is 5.69 Å². The van der Waals surface area contributed by atoms with Gasteiger partial charge in [-0.05, 0) is 18.9 Å². The highest BCUT2D eigenvalue weighted by Crippen LogP contribution is 2.22. The molecule has 0 saturated heterocycles. The van der Waals surface area contributed by atoms with Gasteiger partial charge in [0.1, 0.15) is 0 Å². The van der Waals surface area contributed by atoms with Gasteiger partial charge in [-0.2, -0.15) is 0 Å². The second-order valence-electron chi connectivity index (χ2n) is 3.57. The van der Waals surface area contributed by atoms with Crippen LogP contribution in [0.2, 0.25) is 0 Å². The molecule has 0 radical (unpaired) electrons. The highest BCUT2D eigenvalue weighted by atomic mass is 19.1. The van der Waals surface area contributed by atoms with Gasteiger partial charge in [0, 0.05) is 12.5 Å². The van der Waals surface area contributed by atoms with Crippen molar-refractivity contribution in [1.82, 2.24) is 0 Å². The fourth-order valence-corrected chi connectivity index (χ4v) is 1.28. The first-order valence-electron chi connectivity index (χ1n) is 5.29. The van der Waals surface area contributed by atoms with Crippen LogP contribution >= 0.6 is 0 Å². The molecule has 98 valence electrons. The van der Waals surface area contributed by atoms with Gasteiger partial charge in [-0.15, -0.1) is 0 Å². The van der Waals surface area contributed by atoms with Gasteiger partial charge < -0.3 is 9.84 Å². The fourth-order valence-electron chi connectivity index (χ4n) is 1.28.